The molecule has 2 nitrogen and oxygen atoms in total. The first kappa shape index (κ1) is 24.9. The Balaban J connectivity index is 0. The number of nitrogens with zero attached hydrogens (tertiary/aromatic N) is 1. The standard InChI is InChI=1S/C16H26NOP.C3H7.Ni/c1-15(2,3)19(16(4,5)6)12-14(18)17-13-10-8-7-9-11-13;1-3-2;/h7-11H,12H2,1-6H3,(H,17,18);3H,1-2H3;/q;-1;+2. The summed E-state index contributed by atoms with van der Waals surface area (Å²) in [5.74, 6) is 0.0185. The molecule has 0 heterocycles. The summed E-state index contributed by atoms with van der Waals surface area (Å²) >= 11 is 0. The molecule has 0 radical (unpaired) electrons. The second-order valence-electron chi connectivity index (χ2n) is 7.57. The Morgan fingerprint density at radius 2 is 1.39 bits per heavy atom. The van der Waals surface area contributed by atoms with Gasteiger partial charge >= 0.3 is 16.5 Å². The molecule has 0 saturated heterocycles. The molecule has 0 bridgehead atoms. The van der Waals surface area contributed by atoms with Crippen LogP contribution in [0.25, 0.3) is 5.32 Å². The molecule has 1 amide bonds. The van der Waals surface area contributed by atoms with E-state index < -0.39 is 7.92 Å². The van der Waals surface area contributed by atoms with Gasteiger partial charge in [0, 0.05) is 7.92 Å². The summed E-state index contributed by atoms with van der Waals surface area (Å²) in [6.45, 7) is 17.4. The van der Waals surface area contributed by atoms with E-state index in [-0.39, 0.29) is 32.7 Å². The van der Waals surface area contributed by atoms with E-state index in [0.717, 1.165) is 5.69 Å². The Hall–Kier alpha value is -0.386. The van der Waals surface area contributed by atoms with Crippen LogP contribution in [0.15, 0.2) is 30.3 Å². The molecule has 0 aliphatic rings. The zero-order valence-electron chi connectivity index (χ0n) is 15.8. The molecule has 1 aromatic rings. The van der Waals surface area contributed by atoms with Crippen molar-refractivity contribution < 1.29 is 21.3 Å². The third-order valence-corrected chi connectivity index (χ3v) is 7.43. The zero-order valence-corrected chi connectivity index (χ0v) is 17.8. The minimum atomic E-state index is -0.837. The SMILES string of the molecule is CC(C)(C)[PH+](CC(=O)[N-]c1ccccc1)C(C)(C)C.C[CH-]C.[Ni+2]. The molecule has 0 aliphatic heterocycles. The van der Waals surface area contributed by atoms with Gasteiger partial charge in [0.15, 0.2) is 0 Å². The molecular formula is C19H33NNiOP+. The van der Waals surface area contributed by atoms with E-state index in [1.165, 1.54) is 0 Å². The topological polar surface area (TPSA) is 31.2 Å². The van der Waals surface area contributed by atoms with Crippen LogP contribution in [-0.2, 0) is 21.3 Å². The summed E-state index contributed by atoms with van der Waals surface area (Å²) < 4.78 is 0. The minimum Gasteiger partial charge on any atom is -0.624 e. The maximum atomic E-state index is 12.2. The van der Waals surface area contributed by atoms with Crippen molar-refractivity contribution in [3.8, 4) is 0 Å². The molecule has 1 aromatic carbocycles. The predicted octanol–water partition coefficient (Wildman–Crippen LogP) is 6.26. The van der Waals surface area contributed by atoms with Gasteiger partial charge in [0.05, 0.1) is 22.4 Å². The van der Waals surface area contributed by atoms with Gasteiger partial charge in [-0.15, -0.1) is 5.69 Å². The van der Waals surface area contributed by atoms with Crippen LogP contribution in [0.2, 0.25) is 0 Å². The molecule has 0 aromatic heterocycles. The van der Waals surface area contributed by atoms with Crippen molar-refractivity contribution in [1.29, 1.82) is 0 Å². The van der Waals surface area contributed by atoms with Crippen molar-refractivity contribution >= 4 is 19.5 Å². The van der Waals surface area contributed by atoms with Crippen LogP contribution in [0.1, 0.15) is 55.4 Å². The van der Waals surface area contributed by atoms with E-state index in [4.69, 9.17) is 0 Å². The molecule has 0 spiro atoms. The quantitative estimate of drug-likeness (QED) is 0.346. The Morgan fingerprint density at radius 1 is 1.00 bits per heavy atom. The molecule has 4 heteroatoms. The minimum absolute atomic E-state index is 0. The van der Waals surface area contributed by atoms with E-state index in [1.807, 2.05) is 50.6 Å². The third-order valence-electron chi connectivity index (χ3n) is 3.15. The number of hydrogen-bond donors (Lipinski definition) is 0. The van der Waals surface area contributed by atoms with Crippen LogP contribution < -0.4 is 0 Å². The van der Waals surface area contributed by atoms with Crippen molar-refractivity contribution in [1.82, 2.24) is 0 Å². The molecular weight excluding hydrogens is 348 g/mol. The smallest absolute Gasteiger partial charge is 0.624 e. The third kappa shape index (κ3) is 10.9. The number of carbonyl (C=O) groups excluding carboxylic acids is 1. The number of benzene rings is 1. The average Bonchev–Trinajstić information content (AvgIpc) is 2.35. The van der Waals surface area contributed by atoms with Crippen LogP contribution in [0, 0.1) is 6.42 Å². The van der Waals surface area contributed by atoms with E-state index >= 15 is 0 Å². The van der Waals surface area contributed by atoms with Gasteiger partial charge in [0.1, 0.15) is 0 Å². The van der Waals surface area contributed by atoms with Gasteiger partial charge in [-0.2, -0.15) is 13.8 Å². The molecule has 0 aliphatic carbocycles. The molecule has 1 rings (SSSR count). The summed E-state index contributed by atoms with van der Waals surface area (Å²) in [6.07, 6.45) is 2.60. The molecule has 0 unspecified atom stereocenters. The van der Waals surface area contributed by atoms with Crippen molar-refractivity contribution in [2.75, 3.05) is 6.16 Å². The van der Waals surface area contributed by atoms with Crippen molar-refractivity contribution in [2.45, 2.75) is 65.7 Å². The Kier molecular flexibility index (Phi) is 12.1. The second-order valence-corrected chi connectivity index (χ2v) is 11.9. The molecule has 0 fully saturated rings. The fourth-order valence-corrected chi connectivity index (χ4v) is 6.18. The van der Waals surface area contributed by atoms with Gasteiger partial charge in [-0.3, -0.25) is 0 Å². The van der Waals surface area contributed by atoms with Gasteiger partial charge in [0.25, 0.3) is 0 Å². The summed E-state index contributed by atoms with van der Waals surface area (Å²) in [5.41, 5.74) is 0.761. The first-order chi connectivity index (χ1) is 10.0. The Bertz CT molecular complexity index is 421. The van der Waals surface area contributed by atoms with Crippen LogP contribution in [0.5, 0.6) is 0 Å². The van der Waals surface area contributed by atoms with Crippen LogP contribution >= 0.6 is 7.92 Å². The number of rotatable bonds is 3. The number of amides is 1. The Labute approximate surface area is 154 Å². The molecule has 0 atom stereocenters. The first-order valence-corrected chi connectivity index (χ1v) is 9.63. The van der Waals surface area contributed by atoms with Crippen molar-refractivity contribution in [3.05, 3.63) is 42.1 Å². The fraction of sp³-hybridized carbons (Fsp3) is 0.579. The van der Waals surface area contributed by atoms with Gasteiger partial charge in [-0.1, -0.05) is 30.3 Å². The normalized spacial score (nSPS) is 11.2. The number of para-hydroxylation sites is 1. The summed E-state index contributed by atoms with van der Waals surface area (Å²) in [7, 11) is -0.837. The van der Waals surface area contributed by atoms with Crippen LogP contribution in [0.3, 0.4) is 0 Å². The second kappa shape index (κ2) is 11.2. The largest absolute Gasteiger partial charge is 2.00 e. The van der Waals surface area contributed by atoms with E-state index in [9.17, 15) is 4.79 Å². The summed E-state index contributed by atoms with van der Waals surface area (Å²) in [5, 5.41) is 4.61. The van der Waals surface area contributed by atoms with E-state index in [1.54, 1.807) is 0 Å². The first-order valence-electron chi connectivity index (χ1n) is 7.92. The van der Waals surface area contributed by atoms with Crippen molar-refractivity contribution in [2.24, 2.45) is 0 Å². The number of hydrogen-bond acceptors (Lipinski definition) is 1. The van der Waals surface area contributed by atoms with E-state index in [0.29, 0.717) is 6.16 Å². The monoisotopic (exact) mass is 380 g/mol. The number of carbonyl (C=O) groups is 1. The van der Waals surface area contributed by atoms with Gasteiger partial charge in [-0.05, 0) is 41.5 Å². The molecule has 23 heavy (non-hydrogen) atoms. The van der Waals surface area contributed by atoms with Gasteiger partial charge in [-0.25, -0.2) is 0 Å². The summed E-state index contributed by atoms with van der Waals surface area (Å²) in [6, 6.07) is 9.50. The summed E-state index contributed by atoms with van der Waals surface area (Å²) in [4.78, 5) is 12.2. The molecule has 0 N–H and O–H groups in total. The van der Waals surface area contributed by atoms with Gasteiger partial charge in [0.2, 0.25) is 0 Å². The maximum absolute atomic E-state index is 12.2. The average molecular weight is 381 g/mol. The van der Waals surface area contributed by atoms with Crippen LogP contribution in [-0.4, -0.2) is 22.4 Å². The predicted molar refractivity (Wildman–Crippen MR) is 103 cm³/mol. The zero-order chi connectivity index (χ0) is 17.4. The van der Waals surface area contributed by atoms with Crippen LogP contribution in [0.4, 0.5) is 5.69 Å². The fourth-order valence-electron chi connectivity index (χ4n) is 2.49. The molecule has 0 saturated carbocycles. The molecule has 134 valence electrons. The van der Waals surface area contributed by atoms with Crippen molar-refractivity contribution in [3.63, 3.8) is 0 Å². The maximum Gasteiger partial charge on any atom is 2.00 e. The van der Waals surface area contributed by atoms with E-state index in [2.05, 4.69) is 46.9 Å². The Morgan fingerprint density at radius 3 is 1.74 bits per heavy atom. The van der Waals surface area contributed by atoms with Gasteiger partial charge < -0.3 is 16.5 Å².